The summed E-state index contributed by atoms with van der Waals surface area (Å²) in [5.41, 5.74) is 4.17. The van der Waals surface area contributed by atoms with E-state index in [0.717, 1.165) is 28.2 Å². The maximum Gasteiger partial charge on any atom is 0.291 e. The number of hydrogen-bond acceptors (Lipinski definition) is 7. The van der Waals surface area contributed by atoms with Crippen molar-refractivity contribution in [2.24, 2.45) is 0 Å². The SMILES string of the molecule is CCc1nc(-c2ccc(-c3noc(-c4cccc(NC(=O)c5ccco5)c4)n3)cc2)cs1. The third-order valence-corrected chi connectivity index (χ3v) is 5.82. The fourth-order valence-electron chi connectivity index (χ4n) is 3.18. The Balaban J connectivity index is 1.34. The predicted molar refractivity (Wildman–Crippen MR) is 122 cm³/mol. The molecule has 0 radical (unpaired) electrons. The number of nitrogens with one attached hydrogen (secondary N) is 1. The lowest BCUT2D eigenvalue weighted by Crippen LogP contribution is -2.10. The average Bonchev–Trinajstić information content (AvgIpc) is 3.61. The van der Waals surface area contributed by atoms with Gasteiger partial charge in [-0.2, -0.15) is 4.98 Å². The molecule has 0 atom stereocenters. The molecule has 2 aromatic carbocycles. The third-order valence-electron chi connectivity index (χ3n) is 4.83. The largest absolute Gasteiger partial charge is 0.459 e. The number of rotatable bonds is 6. The van der Waals surface area contributed by atoms with Crippen LogP contribution in [-0.2, 0) is 6.42 Å². The minimum absolute atomic E-state index is 0.238. The van der Waals surface area contributed by atoms with Gasteiger partial charge in [0.15, 0.2) is 5.76 Å². The molecule has 0 aliphatic rings. The monoisotopic (exact) mass is 442 g/mol. The summed E-state index contributed by atoms with van der Waals surface area (Å²) < 4.78 is 10.6. The van der Waals surface area contributed by atoms with Crippen LogP contribution in [0.5, 0.6) is 0 Å². The summed E-state index contributed by atoms with van der Waals surface area (Å²) in [6, 6.07) is 18.4. The Bertz CT molecular complexity index is 1350. The first kappa shape index (κ1) is 19.9. The molecule has 0 saturated heterocycles. The van der Waals surface area contributed by atoms with Crippen LogP contribution < -0.4 is 5.32 Å². The summed E-state index contributed by atoms with van der Waals surface area (Å²) in [7, 11) is 0. The van der Waals surface area contributed by atoms with Crippen molar-refractivity contribution in [1.82, 2.24) is 15.1 Å². The highest BCUT2D eigenvalue weighted by Gasteiger charge is 2.14. The van der Waals surface area contributed by atoms with E-state index in [1.807, 2.05) is 36.4 Å². The van der Waals surface area contributed by atoms with Gasteiger partial charge in [-0.3, -0.25) is 4.79 Å². The van der Waals surface area contributed by atoms with E-state index in [4.69, 9.17) is 8.94 Å². The van der Waals surface area contributed by atoms with Gasteiger partial charge in [0.2, 0.25) is 5.82 Å². The topological polar surface area (TPSA) is 94.1 Å². The van der Waals surface area contributed by atoms with Gasteiger partial charge in [0, 0.05) is 27.8 Å². The summed E-state index contributed by atoms with van der Waals surface area (Å²) in [6.07, 6.45) is 2.39. The van der Waals surface area contributed by atoms with E-state index in [-0.39, 0.29) is 11.7 Å². The summed E-state index contributed by atoms with van der Waals surface area (Å²) in [4.78, 5) is 21.3. The first-order valence-electron chi connectivity index (χ1n) is 10.0. The lowest BCUT2D eigenvalue weighted by Gasteiger charge is -2.04. The molecular formula is C24H18N4O3S. The highest BCUT2D eigenvalue weighted by atomic mass is 32.1. The third kappa shape index (κ3) is 4.08. The van der Waals surface area contributed by atoms with E-state index < -0.39 is 0 Å². The normalized spacial score (nSPS) is 10.9. The van der Waals surface area contributed by atoms with E-state index >= 15 is 0 Å². The maximum atomic E-state index is 12.2. The van der Waals surface area contributed by atoms with E-state index in [1.54, 1.807) is 35.6 Å². The van der Waals surface area contributed by atoms with Crippen LogP contribution in [0, 0.1) is 0 Å². The fourth-order valence-corrected chi connectivity index (χ4v) is 3.94. The molecule has 8 heteroatoms. The zero-order chi connectivity index (χ0) is 21.9. The molecule has 32 heavy (non-hydrogen) atoms. The fraction of sp³-hybridized carbons (Fsp3) is 0.0833. The number of amides is 1. The number of thiazole rings is 1. The molecule has 0 spiro atoms. The van der Waals surface area contributed by atoms with Gasteiger partial charge in [-0.15, -0.1) is 11.3 Å². The first-order valence-corrected chi connectivity index (χ1v) is 10.9. The minimum Gasteiger partial charge on any atom is -0.459 e. The standard InChI is InChI=1S/C24H18N4O3S/c1-2-21-26-19(14-32-21)15-8-10-16(11-9-15)22-27-24(31-28-22)17-5-3-6-18(13-17)25-23(29)20-7-4-12-30-20/h3-14H,2H2,1H3,(H,25,29). The van der Waals surface area contributed by atoms with Gasteiger partial charge in [-0.25, -0.2) is 4.98 Å². The predicted octanol–water partition coefficient (Wildman–Crippen LogP) is 5.93. The smallest absolute Gasteiger partial charge is 0.291 e. The number of nitrogens with zero attached hydrogens (tertiary/aromatic N) is 3. The molecule has 5 rings (SSSR count). The Labute approximate surface area is 187 Å². The Morgan fingerprint density at radius 2 is 1.84 bits per heavy atom. The van der Waals surface area contributed by atoms with Crippen molar-refractivity contribution in [3.63, 3.8) is 0 Å². The highest BCUT2D eigenvalue weighted by Crippen LogP contribution is 2.27. The molecule has 1 N–H and O–H groups in total. The zero-order valence-corrected chi connectivity index (χ0v) is 17.9. The van der Waals surface area contributed by atoms with Gasteiger partial charge in [-0.1, -0.05) is 42.4 Å². The van der Waals surface area contributed by atoms with Crippen molar-refractivity contribution in [3.05, 3.63) is 83.1 Å². The summed E-state index contributed by atoms with van der Waals surface area (Å²) in [6.45, 7) is 2.10. The Kier molecular flexibility index (Phi) is 5.35. The quantitative estimate of drug-likeness (QED) is 0.350. The van der Waals surface area contributed by atoms with Gasteiger partial charge in [0.25, 0.3) is 11.8 Å². The van der Waals surface area contributed by atoms with Crippen LogP contribution in [0.25, 0.3) is 34.1 Å². The number of carbonyl (C=O) groups is 1. The number of aromatic nitrogens is 3. The molecule has 158 valence electrons. The summed E-state index contributed by atoms with van der Waals surface area (Å²) in [5, 5.41) is 10.1. The zero-order valence-electron chi connectivity index (χ0n) is 17.1. The van der Waals surface area contributed by atoms with E-state index in [0.29, 0.717) is 23.0 Å². The van der Waals surface area contributed by atoms with Gasteiger partial charge in [0.1, 0.15) is 0 Å². The molecule has 0 unspecified atom stereocenters. The van der Waals surface area contributed by atoms with Crippen LogP contribution in [-0.4, -0.2) is 21.0 Å². The Morgan fingerprint density at radius 3 is 2.59 bits per heavy atom. The van der Waals surface area contributed by atoms with E-state index in [9.17, 15) is 4.79 Å². The van der Waals surface area contributed by atoms with Crippen molar-refractivity contribution in [1.29, 1.82) is 0 Å². The molecule has 7 nitrogen and oxygen atoms in total. The van der Waals surface area contributed by atoms with Crippen molar-refractivity contribution in [2.75, 3.05) is 5.32 Å². The van der Waals surface area contributed by atoms with Crippen LogP contribution in [0.3, 0.4) is 0 Å². The van der Waals surface area contributed by atoms with Gasteiger partial charge in [0.05, 0.1) is 17.0 Å². The van der Waals surface area contributed by atoms with Crippen LogP contribution in [0.2, 0.25) is 0 Å². The lowest BCUT2D eigenvalue weighted by atomic mass is 10.1. The molecule has 0 bridgehead atoms. The van der Waals surface area contributed by atoms with Crippen LogP contribution in [0.1, 0.15) is 22.5 Å². The second kappa shape index (κ2) is 8.60. The van der Waals surface area contributed by atoms with Crippen LogP contribution in [0.4, 0.5) is 5.69 Å². The number of aryl methyl sites for hydroxylation is 1. The van der Waals surface area contributed by atoms with Gasteiger partial charge in [-0.05, 0) is 36.8 Å². The minimum atomic E-state index is -0.329. The van der Waals surface area contributed by atoms with Crippen LogP contribution >= 0.6 is 11.3 Å². The number of benzene rings is 2. The molecule has 3 heterocycles. The molecule has 1 amide bonds. The number of furan rings is 1. The highest BCUT2D eigenvalue weighted by molar-refractivity contribution is 7.09. The summed E-state index contributed by atoms with van der Waals surface area (Å²) in [5.74, 6) is 0.765. The van der Waals surface area contributed by atoms with Crippen molar-refractivity contribution in [2.45, 2.75) is 13.3 Å². The second-order valence-corrected chi connectivity index (χ2v) is 7.94. The van der Waals surface area contributed by atoms with Crippen molar-refractivity contribution < 1.29 is 13.7 Å². The Hall–Kier alpha value is -4.04. The lowest BCUT2D eigenvalue weighted by molar-refractivity contribution is 0.0996. The second-order valence-electron chi connectivity index (χ2n) is 6.99. The van der Waals surface area contributed by atoms with Crippen molar-refractivity contribution >= 4 is 22.9 Å². The van der Waals surface area contributed by atoms with Crippen LogP contribution in [0.15, 0.2) is 81.2 Å². The van der Waals surface area contributed by atoms with E-state index in [2.05, 4.69) is 32.7 Å². The molecule has 0 saturated carbocycles. The summed E-state index contributed by atoms with van der Waals surface area (Å²) >= 11 is 1.67. The molecule has 0 fully saturated rings. The maximum absolute atomic E-state index is 12.2. The number of hydrogen-bond donors (Lipinski definition) is 1. The average molecular weight is 443 g/mol. The first-order chi connectivity index (χ1) is 15.7. The van der Waals surface area contributed by atoms with Crippen molar-refractivity contribution in [3.8, 4) is 34.1 Å². The molecule has 0 aliphatic heterocycles. The number of carbonyl (C=O) groups excluding carboxylic acids is 1. The van der Waals surface area contributed by atoms with E-state index in [1.165, 1.54) is 6.26 Å². The molecule has 0 aliphatic carbocycles. The van der Waals surface area contributed by atoms with Gasteiger partial charge < -0.3 is 14.3 Å². The molecular weight excluding hydrogens is 424 g/mol. The Morgan fingerprint density at radius 1 is 1.00 bits per heavy atom. The molecule has 5 aromatic rings. The number of anilines is 1. The molecule has 3 aromatic heterocycles. The van der Waals surface area contributed by atoms with Gasteiger partial charge >= 0.3 is 0 Å².